The Balaban J connectivity index is 1.94. The van der Waals surface area contributed by atoms with Crippen LogP contribution in [0.5, 0.6) is 0 Å². The number of ether oxygens (including phenoxy) is 2. The Kier molecular flexibility index (Phi) is 2.78. The van der Waals surface area contributed by atoms with E-state index in [4.69, 9.17) is 9.47 Å². The summed E-state index contributed by atoms with van der Waals surface area (Å²) in [4.78, 5) is 12.3. The van der Waals surface area contributed by atoms with Crippen LogP contribution in [0.3, 0.4) is 0 Å². The first-order valence-electron chi connectivity index (χ1n) is 7.27. The highest BCUT2D eigenvalue weighted by molar-refractivity contribution is 5.78. The number of rotatable bonds is 1. The molecule has 2 unspecified atom stereocenters. The fourth-order valence-corrected chi connectivity index (χ4v) is 4.83. The van der Waals surface area contributed by atoms with Crippen LogP contribution in [0.4, 0.5) is 0 Å². The molecule has 0 radical (unpaired) electrons. The molecule has 19 heavy (non-hydrogen) atoms. The molecule has 0 bridgehead atoms. The van der Waals surface area contributed by atoms with E-state index in [0.29, 0.717) is 6.42 Å². The Morgan fingerprint density at radius 2 is 2.00 bits per heavy atom. The molecule has 5 atom stereocenters. The second-order valence-electron chi connectivity index (χ2n) is 7.22. The van der Waals surface area contributed by atoms with Gasteiger partial charge in [0.2, 0.25) is 0 Å². The average molecular weight is 268 g/mol. The number of hydrogen-bond donors (Lipinski definition) is 1. The summed E-state index contributed by atoms with van der Waals surface area (Å²) in [6, 6.07) is 0. The third-order valence-corrected chi connectivity index (χ3v) is 6.04. The summed E-state index contributed by atoms with van der Waals surface area (Å²) in [7, 11) is 1.42. The van der Waals surface area contributed by atoms with Gasteiger partial charge in [0.1, 0.15) is 0 Å². The van der Waals surface area contributed by atoms with Crippen LogP contribution in [0, 0.1) is 16.7 Å². The molecule has 2 saturated carbocycles. The Hall–Kier alpha value is -0.610. The molecular formula is C15H24O4. The lowest BCUT2D eigenvalue weighted by atomic mass is 9.48. The quantitative estimate of drug-likeness (QED) is 0.583. The van der Waals surface area contributed by atoms with Gasteiger partial charge in [-0.25, -0.2) is 0 Å². The summed E-state index contributed by atoms with van der Waals surface area (Å²) < 4.78 is 10.6. The first kappa shape index (κ1) is 13.4. The number of aliphatic hydroxyl groups excluding tert-OH is 1. The number of aliphatic hydroxyl groups is 1. The van der Waals surface area contributed by atoms with Crippen LogP contribution in [0.15, 0.2) is 0 Å². The molecule has 0 amide bonds. The van der Waals surface area contributed by atoms with Gasteiger partial charge in [0.15, 0.2) is 0 Å². The molecule has 4 heteroatoms. The smallest absolute Gasteiger partial charge is 0.314 e. The fraction of sp³-hybridized carbons (Fsp3) is 0.933. The van der Waals surface area contributed by atoms with Crippen molar-refractivity contribution in [2.45, 2.75) is 57.7 Å². The summed E-state index contributed by atoms with van der Waals surface area (Å²) in [5, 5.41) is 10.4. The van der Waals surface area contributed by atoms with Crippen molar-refractivity contribution < 1.29 is 19.4 Å². The molecule has 2 aliphatic carbocycles. The van der Waals surface area contributed by atoms with E-state index >= 15 is 0 Å². The van der Waals surface area contributed by atoms with Gasteiger partial charge in [-0.2, -0.15) is 0 Å². The van der Waals surface area contributed by atoms with E-state index in [2.05, 4.69) is 6.92 Å². The second kappa shape index (κ2) is 3.95. The maximum atomic E-state index is 12.3. The Morgan fingerprint density at radius 1 is 1.32 bits per heavy atom. The summed E-state index contributed by atoms with van der Waals surface area (Å²) in [6.45, 7) is 5.01. The van der Waals surface area contributed by atoms with Gasteiger partial charge in [-0.05, 0) is 50.4 Å². The summed E-state index contributed by atoms with van der Waals surface area (Å²) in [5.74, 6) is -0.0744. The van der Waals surface area contributed by atoms with E-state index < -0.39 is 11.5 Å². The van der Waals surface area contributed by atoms with Crippen molar-refractivity contribution in [3.63, 3.8) is 0 Å². The Labute approximate surface area is 114 Å². The third-order valence-electron chi connectivity index (χ3n) is 6.04. The molecule has 4 nitrogen and oxygen atoms in total. The Bertz CT molecular complexity index is 403. The zero-order chi connectivity index (χ0) is 13.9. The van der Waals surface area contributed by atoms with Gasteiger partial charge in [-0.3, -0.25) is 4.79 Å². The van der Waals surface area contributed by atoms with Gasteiger partial charge >= 0.3 is 5.97 Å². The largest absolute Gasteiger partial charge is 0.469 e. The highest BCUT2D eigenvalue weighted by atomic mass is 16.6. The molecule has 0 aromatic rings. The number of methoxy groups -OCH3 is 1. The van der Waals surface area contributed by atoms with Crippen LogP contribution in [-0.2, 0) is 14.3 Å². The molecule has 0 aromatic heterocycles. The highest BCUT2D eigenvalue weighted by Crippen LogP contribution is 2.62. The monoisotopic (exact) mass is 268 g/mol. The van der Waals surface area contributed by atoms with Crippen molar-refractivity contribution in [1.29, 1.82) is 0 Å². The number of carbonyl (C=O) groups is 1. The maximum Gasteiger partial charge on any atom is 0.314 e. The van der Waals surface area contributed by atoms with E-state index in [1.54, 1.807) is 0 Å². The molecule has 1 aliphatic heterocycles. The van der Waals surface area contributed by atoms with Gasteiger partial charge in [0, 0.05) is 0 Å². The number of fused-ring (bicyclic) bond motifs is 1. The van der Waals surface area contributed by atoms with Crippen molar-refractivity contribution in [3.8, 4) is 0 Å². The maximum absolute atomic E-state index is 12.3. The molecule has 1 saturated heterocycles. The lowest BCUT2D eigenvalue weighted by Gasteiger charge is -2.56. The number of epoxide rings is 1. The molecule has 3 fully saturated rings. The Morgan fingerprint density at radius 3 is 2.58 bits per heavy atom. The topological polar surface area (TPSA) is 59.1 Å². The third kappa shape index (κ3) is 1.76. The molecule has 108 valence electrons. The molecule has 0 aromatic carbocycles. The zero-order valence-corrected chi connectivity index (χ0v) is 12.1. The SMILES string of the molecule is COC(=O)[C@@]1(C)C2CCC3(CO3)C[C@]2(C)CC[C@H]1O. The lowest BCUT2D eigenvalue weighted by Crippen LogP contribution is -2.58. The standard InChI is InChI=1S/C15H24O4/c1-13-6-5-11(16)14(2,12(17)18-3)10(13)4-7-15(8-13)9-19-15/h10-11,16H,4-9H2,1-3H3/t10?,11-,13+,14+,15?/m1/s1. The summed E-state index contributed by atoms with van der Waals surface area (Å²) in [6.07, 6.45) is 4.02. The molecular weight excluding hydrogens is 244 g/mol. The summed E-state index contributed by atoms with van der Waals surface area (Å²) in [5.41, 5.74) is -0.597. The molecule has 1 spiro atoms. The lowest BCUT2D eigenvalue weighted by molar-refractivity contribution is -0.186. The molecule has 1 N–H and O–H groups in total. The normalized spacial score (nSPS) is 52.6. The van der Waals surface area contributed by atoms with Crippen molar-refractivity contribution in [2.24, 2.45) is 16.7 Å². The molecule has 3 rings (SSSR count). The minimum atomic E-state index is -0.766. The van der Waals surface area contributed by atoms with E-state index in [0.717, 1.165) is 32.3 Å². The van der Waals surface area contributed by atoms with Crippen LogP contribution in [0.25, 0.3) is 0 Å². The van der Waals surface area contributed by atoms with Crippen LogP contribution >= 0.6 is 0 Å². The van der Waals surface area contributed by atoms with Crippen LogP contribution in [0.1, 0.15) is 46.0 Å². The van der Waals surface area contributed by atoms with Gasteiger partial charge in [-0.15, -0.1) is 0 Å². The zero-order valence-electron chi connectivity index (χ0n) is 12.1. The van der Waals surface area contributed by atoms with Crippen molar-refractivity contribution >= 4 is 5.97 Å². The molecule has 3 aliphatic rings. The minimum Gasteiger partial charge on any atom is -0.469 e. The van der Waals surface area contributed by atoms with E-state index in [1.807, 2.05) is 6.92 Å². The van der Waals surface area contributed by atoms with Crippen LogP contribution in [-0.4, -0.2) is 36.5 Å². The minimum absolute atomic E-state index is 0.0803. The van der Waals surface area contributed by atoms with Gasteiger partial charge in [0.05, 0.1) is 30.8 Å². The fourth-order valence-electron chi connectivity index (χ4n) is 4.83. The van der Waals surface area contributed by atoms with Crippen molar-refractivity contribution in [1.82, 2.24) is 0 Å². The number of esters is 1. The number of hydrogen-bond acceptors (Lipinski definition) is 4. The van der Waals surface area contributed by atoms with E-state index in [-0.39, 0.29) is 22.9 Å². The summed E-state index contributed by atoms with van der Waals surface area (Å²) >= 11 is 0. The average Bonchev–Trinajstić information content (AvgIpc) is 3.12. The number of carbonyl (C=O) groups excluding carboxylic acids is 1. The van der Waals surface area contributed by atoms with Crippen LogP contribution in [0.2, 0.25) is 0 Å². The van der Waals surface area contributed by atoms with E-state index in [9.17, 15) is 9.90 Å². The highest BCUT2D eigenvalue weighted by Gasteiger charge is 2.64. The van der Waals surface area contributed by atoms with Gasteiger partial charge in [0.25, 0.3) is 0 Å². The van der Waals surface area contributed by atoms with Gasteiger partial charge < -0.3 is 14.6 Å². The van der Waals surface area contributed by atoms with Crippen LogP contribution < -0.4 is 0 Å². The van der Waals surface area contributed by atoms with E-state index in [1.165, 1.54) is 7.11 Å². The predicted octanol–water partition coefficient (Wildman–Crippen LogP) is 1.90. The molecule has 1 heterocycles. The van der Waals surface area contributed by atoms with Crippen molar-refractivity contribution in [3.05, 3.63) is 0 Å². The predicted molar refractivity (Wildman–Crippen MR) is 69.5 cm³/mol. The first-order valence-corrected chi connectivity index (χ1v) is 7.27. The second-order valence-corrected chi connectivity index (χ2v) is 7.22. The first-order chi connectivity index (χ1) is 8.86. The van der Waals surface area contributed by atoms with Gasteiger partial charge in [-0.1, -0.05) is 6.92 Å². The van der Waals surface area contributed by atoms with Crippen molar-refractivity contribution in [2.75, 3.05) is 13.7 Å².